The van der Waals surface area contributed by atoms with Gasteiger partial charge in [-0.25, -0.2) is 4.79 Å². The van der Waals surface area contributed by atoms with Gasteiger partial charge in [0, 0.05) is 14.1 Å². The Labute approximate surface area is 134 Å². The Hall–Kier alpha value is -2.77. The number of hydrogen-bond acceptors (Lipinski definition) is 6. The van der Waals surface area contributed by atoms with Gasteiger partial charge in [-0.15, -0.1) is 0 Å². The van der Waals surface area contributed by atoms with E-state index in [0.717, 1.165) is 0 Å². The Balaban J connectivity index is 2.29. The van der Waals surface area contributed by atoms with Gasteiger partial charge in [0.05, 0.1) is 13.7 Å². The molecule has 0 saturated heterocycles. The first-order valence-electron chi connectivity index (χ1n) is 6.82. The van der Waals surface area contributed by atoms with E-state index in [4.69, 9.17) is 14.2 Å². The monoisotopic (exact) mass is 324 g/mol. The maximum absolute atomic E-state index is 11.5. The highest BCUT2D eigenvalue weighted by Gasteiger charge is 2.11. The minimum Gasteiger partial charge on any atom is -0.493 e. The van der Waals surface area contributed by atoms with Gasteiger partial charge in [0.25, 0.3) is 5.91 Å². The lowest BCUT2D eigenvalue weighted by Crippen LogP contribution is -2.38. The van der Waals surface area contributed by atoms with Crippen LogP contribution in [0.5, 0.6) is 11.5 Å². The number of para-hydroxylation sites is 2. The number of amides is 2. The highest BCUT2D eigenvalue weighted by atomic mass is 16.6. The average molecular weight is 324 g/mol. The fraction of sp³-hybridized carbons (Fsp3) is 0.400. The van der Waals surface area contributed by atoms with E-state index in [2.05, 4.69) is 5.32 Å². The van der Waals surface area contributed by atoms with Crippen LogP contribution in [0.4, 0.5) is 0 Å². The van der Waals surface area contributed by atoms with Crippen LogP contribution in [-0.4, -0.2) is 63.6 Å². The van der Waals surface area contributed by atoms with Gasteiger partial charge in [-0.05, 0) is 12.1 Å². The summed E-state index contributed by atoms with van der Waals surface area (Å²) in [5, 5.41) is 2.34. The third kappa shape index (κ3) is 6.68. The Morgan fingerprint density at radius 3 is 2.35 bits per heavy atom. The van der Waals surface area contributed by atoms with Crippen LogP contribution in [0, 0.1) is 0 Å². The lowest BCUT2D eigenvalue weighted by atomic mass is 10.3. The maximum Gasteiger partial charge on any atom is 0.344 e. The molecule has 0 unspecified atom stereocenters. The Bertz CT molecular complexity index is 559. The molecule has 0 heterocycles. The van der Waals surface area contributed by atoms with Crippen LogP contribution in [-0.2, 0) is 19.1 Å². The fourth-order valence-electron chi connectivity index (χ4n) is 1.45. The third-order valence-electron chi connectivity index (χ3n) is 2.71. The number of nitrogens with zero attached hydrogens (tertiary/aromatic N) is 1. The zero-order valence-electron chi connectivity index (χ0n) is 13.3. The predicted molar refractivity (Wildman–Crippen MR) is 81.2 cm³/mol. The van der Waals surface area contributed by atoms with Crippen molar-refractivity contribution < 1.29 is 28.6 Å². The summed E-state index contributed by atoms with van der Waals surface area (Å²) in [5.41, 5.74) is 0. The minimum atomic E-state index is -0.704. The summed E-state index contributed by atoms with van der Waals surface area (Å²) >= 11 is 0. The molecule has 0 aliphatic carbocycles. The fourth-order valence-corrected chi connectivity index (χ4v) is 1.45. The van der Waals surface area contributed by atoms with Crippen LogP contribution in [0.25, 0.3) is 0 Å². The number of nitrogens with one attached hydrogen (secondary N) is 1. The number of likely N-dealkylation sites (N-methyl/N-ethyl adjacent to an activating group) is 1. The molecule has 0 fully saturated rings. The molecule has 23 heavy (non-hydrogen) atoms. The first-order chi connectivity index (χ1) is 10.9. The number of hydrogen-bond donors (Lipinski definition) is 1. The van der Waals surface area contributed by atoms with E-state index in [1.54, 1.807) is 38.4 Å². The average Bonchev–Trinajstić information content (AvgIpc) is 2.55. The largest absolute Gasteiger partial charge is 0.493 e. The van der Waals surface area contributed by atoms with Gasteiger partial charge in [0.15, 0.2) is 24.7 Å². The van der Waals surface area contributed by atoms with Crippen molar-refractivity contribution in [2.24, 2.45) is 0 Å². The quantitative estimate of drug-likeness (QED) is 0.667. The molecule has 1 rings (SSSR count). The molecular weight excluding hydrogens is 304 g/mol. The zero-order valence-corrected chi connectivity index (χ0v) is 13.3. The Morgan fingerprint density at radius 1 is 1.09 bits per heavy atom. The molecule has 8 nitrogen and oxygen atoms in total. The first kappa shape index (κ1) is 18.3. The van der Waals surface area contributed by atoms with Gasteiger partial charge in [-0.2, -0.15) is 0 Å². The van der Waals surface area contributed by atoms with Crippen molar-refractivity contribution in [3.8, 4) is 11.5 Å². The van der Waals surface area contributed by atoms with Crippen molar-refractivity contribution in [3.63, 3.8) is 0 Å². The van der Waals surface area contributed by atoms with Gasteiger partial charge in [0.2, 0.25) is 5.91 Å². The van der Waals surface area contributed by atoms with E-state index in [9.17, 15) is 14.4 Å². The molecule has 126 valence electrons. The molecule has 0 saturated carbocycles. The smallest absolute Gasteiger partial charge is 0.344 e. The van der Waals surface area contributed by atoms with Crippen molar-refractivity contribution >= 4 is 17.8 Å². The van der Waals surface area contributed by atoms with Gasteiger partial charge in [-0.3, -0.25) is 9.59 Å². The summed E-state index contributed by atoms with van der Waals surface area (Å²) in [6.07, 6.45) is 0. The van der Waals surface area contributed by atoms with Crippen molar-refractivity contribution in [2.75, 3.05) is 41.0 Å². The normalized spacial score (nSPS) is 9.70. The second kappa shape index (κ2) is 9.29. The number of ether oxygens (including phenoxy) is 3. The predicted octanol–water partition coefficient (Wildman–Crippen LogP) is -0.178. The topological polar surface area (TPSA) is 94.2 Å². The maximum atomic E-state index is 11.5. The van der Waals surface area contributed by atoms with Gasteiger partial charge >= 0.3 is 5.97 Å². The molecule has 0 bridgehead atoms. The van der Waals surface area contributed by atoms with Crippen LogP contribution in [0.3, 0.4) is 0 Å². The SMILES string of the molecule is COc1ccccc1OCC(=O)OCC(=O)NCC(=O)N(C)C. The number of carbonyl (C=O) groups excluding carboxylic acids is 3. The second-order valence-corrected chi connectivity index (χ2v) is 4.67. The zero-order chi connectivity index (χ0) is 17.2. The molecule has 1 aromatic rings. The van der Waals surface area contributed by atoms with Crippen LogP contribution >= 0.6 is 0 Å². The van der Waals surface area contributed by atoms with E-state index < -0.39 is 18.5 Å². The van der Waals surface area contributed by atoms with E-state index in [1.165, 1.54) is 12.0 Å². The van der Waals surface area contributed by atoms with E-state index in [1.807, 2.05) is 0 Å². The van der Waals surface area contributed by atoms with Crippen LogP contribution < -0.4 is 14.8 Å². The molecule has 0 aliphatic heterocycles. The molecule has 0 atom stereocenters. The summed E-state index contributed by atoms with van der Waals surface area (Å²) in [6.45, 7) is -0.986. The van der Waals surface area contributed by atoms with Crippen LogP contribution in [0.2, 0.25) is 0 Å². The van der Waals surface area contributed by atoms with E-state index in [0.29, 0.717) is 11.5 Å². The third-order valence-corrected chi connectivity index (χ3v) is 2.71. The molecule has 2 amide bonds. The molecular formula is C15H20N2O6. The molecule has 1 N–H and O–H groups in total. The van der Waals surface area contributed by atoms with E-state index in [-0.39, 0.29) is 19.1 Å². The lowest BCUT2D eigenvalue weighted by molar-refractivity contribution is -0.150. The molecule has 0 spiro atoms. The van der Waals surface area contributed by atoms with Crippen molar-refractivity contribution in [1.82, 2.24) is 10.2 Å². The second-order valence-electron chi connectivity index (χ2n) is 4.67. The lowest BCUT2D eigenvalue weighted by Gasteiger charge is -2.11. The number of carbonyl (C=O) groups is 3. The summed E-state index contributed by atoms with van der Waals surface area (Å²) < 4.78 is 15.1. The van der Waals surface area contributed by atoms with E-state index >= 15 is 0 Å². The number of methoxy groups -OCH3 is 1. The number of rotatable bonds is 8. The van der Waals surface area contributed by atoms with Gasteiger partial charge in [-0.1, -0.05) is 12.1 Å². The highest BCUT2D eigenvalue weighted by Crippen LogP contribution is 2.25. The minimum absolute atomic E-state index is 0.152. The van der Waals surface area contributed by atoms with Crippen LogP contribution in [0.15, 0.2) is 24.3 Å². The summed E-state index contributed by atoms with van der Waals surface area (Å²) in [5.74, 6) is -0.645. The van der Waals surface area contributed by atoms with Crippen molar-refractivity contribution in [2.45, 2.75) is 0 Å². The summed E-state index contributed by atoms with van der Waals surface area (Å²) in [6, 6.07) is 6.84. The Morgan fingerprint density at radius 2 is 1.74 bits per heavy atom. The Kier molecular flexibility index (Phi) is 7.38. The number of benzene rings is 1. The standard InChI is InChI=1S/C15H20N2O6/c1-17(2)14(19)8-16-13(18)9-23-15(20)10-22-12-7-5-4-6-11(12)21-3/h4-7H,8-10H2,1-3H3,(H,16,18). The van der Waals surface area contributed by atoms with Crippen molar-refractivity contribution in [1.29, 1.82) is 0 Å². The molecule has 0 aliphatic rings. The molecule has 0 radical (unpaired) electrons. The van der Waals surface area contributed by atoms with Crippen molar-refractivity contribution in [3.05, 3.63) is 24.3 Å². The first-order valence-corrected chi connectivity index (χ1v) is 6.82. The number of esters is 1. The molecule has 0 aromatic heterocycles. The van der Waals surface area contributed by atoms with Gasteiger partial charge < -0.3 is 24.4 Å². The van der Waals surface area contributed by atoms with Gasteiger partial charge in [0.1, 0.15) is 0 Å². The van der Waals surface area contributed by atoms with Crippen LogP contribution in [0.1, 0.15) is 0 Å². The molecule has 8 heteroatoms. The summed E-state index contributed by atoms with van der Waals surface area (Å²) in [7, 11) is 4.63. The summed E-state index contributed by atoms with van der Waals surface area (Å²) in [4.78, 5) is 35.6. The highest BCUT2D eigenvalue weighted by molar-refractivity contribution is 5.86. The molecule has 1 aromatic carbocycles.